The molecule has 0 spiro atoms. The normalized spacial score (nSPS) is 27.2. The Bertz CT molecular complexity index is 207. The maximum absolute atomic E-state index is 6.38. The molecule has 1 saturated carbocycles. The highest BCUT2D eigenvalue weighted by molar-refractivity contribution is 7.13. The number of rotatable bonds is 2. The van der Waals surface area contributed by atoms with E-state index in [-0.39, 0.29) is 0 Å². The maximum atomic E-state index is 6.38. The predicted octanol–water partition coefficient (Wildman–Crippen LogP) is 4.15. The van der Waals surface area contributed by atoms with Gasteiger partial charge in [0.05, 0.1) is 12.2 Å². The largest absolute Gasteiger partial charge is 0.375 e. The van der Waals surface area contributed by atoms with E-state index in [4.69, 9.17) is 4.74 Å². The predicted molar refractivity (Wildman–Crippen MR) is 80.7 cm³/mol. The number of piperidine rings is 1. The molecule has 1 saturated heterocycles. The summed E-state index contributed by atoms with van der Waals surface area (Å²) in [5, 5.41) is 0. The zero-order chi connectivity index (χ0) is 12.6. The summed E-state index contributed by atoms with van der Waals surface area (Å²) in [6.45, 7) is 2.37. The van der Waals surface area contributed by atoms with Crippen molar-refractivity contribution >= 4 is 9.39 Å². The van der Waals surface area contributed by atoms with Crippen molar-refractivity contribution in [3.05, 3.63) is 0 Å². The van der Waals surface area contributed by atoms with E-state index in [1.807, 2.05) is 0 Å². The zero-order valence-corrected chi connectivity index (χ0v) is 12.9. The van der Waals surface area contributed by atoms with Gasteiger partial charge in [-0.1, -0.05) is 54.3 Å². The minimum atomic E-state index is 0.537. The first kappa shape index (κ1) is 14.8. The van der Waals surface area contributed by atoms with Gasteiger partial charge < -0.3 is 4.74 Å². The van der Waals surface area contributed by atoms with Gasteiger partial charge in [-0.05, 0) is 25.7 Å². The average molecular weight is 271 g/mol. The molecule has 1 heterocycles. The quantitative estimate of drug-likeness (QED) is 0.700. The van der Waals surface area contributed by atoms with Crippen LogP contribution in [0.1, 0.15) is 70.6 Å². The van der Waals surface area contributed by atoms with Crippen LogP contribution in [0, 0.1) is 0 Å². The summed E-state index contributed by atoms with van der Waals surface area (Å²) in [5.41, 5.74) is 0. The van der Waals surface area contributed by atoms with E-state index in [1.165, 1.54) is 83.7 Å². The number of ether oxygens (including phenoxy) is 1. The Morgan fingerprint density at radius 2 is 1.11 bits per heavy atom. The summed E-state index contributed by atoms with van der Waals surface area (Å²) in [6.07, 6.45) is 16.1. The highest BCUT2D eigenvalue weighted by Gasteiger charge is 2.21. The van der Waals surface area contributed by atoms with E-state index in [1.54, 1.807) is 0 Å². The third-order valence-corrected chi connectivity index (χ3v) is 4.93. The molecule has 106 valence electrons. The lowest BCUT2D eigenvalue weighted by Gasteiger charge is -2.32. The lowest BCUT2D eigenvalue weighted by atomic mass is 9.98. The molecule has 0 radical (unpaired) electrons. The SMILES string of the molecule is PN1CCC(OC2CCCCCCCCC2)CC1. The van der Waals surface area contributed by atoms with Crippen LogP contribution >= 0.6 is 9.39 Å². The Labute approximate surface area is 115 Å². The second-order valence-corrected chi connectivity index (χ2v) is 6.78. The van der Waals surface area contributed by atoms with Gasteiger partial charge in [-0.3, -0.25) is 4.67 Å². The first-order valence-corrected chi connectivity index (χ1v) is 8.51. The smallest absolute Gasteiger partial charge is 0.0603 e. The molecule has 18 heavy (non-hydrogen) atoms. The van der Waals surface area contributed by atoms with Gasteiger partial charge in [0, 0.05) is 13.1 Å². The van der Waals surface area contributed by atoms with E-state index >= 15 is 0 Å². The standard InChI is InChI=1S/C15H30NOP/c18-16-12-10-15(11-13-16)17-14-8-6-4-2-1-3-5-7-9-14/h14-15H,1-13,18H2. The van der Waals surface area contributed by atoms with Gasteiger partial charge in [0.25, 0.3) is 0 Å². The van der Waals surface area contributed by atoms with E-state index < -0.39 is 0 Å². The van der Waals surface area contributed by atoms with Crippen molar-refractivity contribution in [1.82, 2.24) is 4.67 Å². The topological polar surface area (TPSA) is 12.5 Å². The molecule has 0 amide bonds. The molecule has 0 N–H and O–H groups in total. The Morgan fingerprint density at radius 1 is 0.667 bits per heavy atom. The van der Waals surface area contributed by atoms with E-state index in [2.05, 4.69) is 14.1 Å². The molecule has 0 aromatic heterocycles. The fourth-order valence-corrected chi connectivity index (χ4v) is 3.49. The number of nitrogens with zero attached hydrogens (tertiary/aromatic N) is 1. The van der Waals surface area contributed by atoms with Gasteiger partial charge in [-0.25, -0.2) is 0 Å². The van der Waals surface area contributed by atoms with Gasteiger partial charge in [0.2, 0.25) is 0 Å². The third kappa shape index (κ3) is 5.55. The van der Waals surface area contributed by atoms with Crippen LogP contribution in [0.15, 0.2) is 0 Å². The zero-order valence-electron chi connectivity index (χ0n) is 11.8. The second-order valence-electron chi connectivity index (χ2n) is 6.05. The Hall–Kier alpha value is 0.350. The van der Waals surface area contributed by atoms with Crippen LogP contribution < -0.4 is 0 Å². The summed E-state index contributed by atoms with van der Waals surface area (Å²) in [4.78, 5) is 0. The molecule has 1 aliphatic carbocycles. The molecule has 2 rings (SSSR count). The van der Waals surface area contributed by atoms with Crippen LogP contribution in [0.4, 0.5) is 0 Å². The third-order valence-electron chi connectivity index (χ3n) is 4.41. The molecule has 2 fully saturated rings. The van der Waals surface area contributed by atoms with Gasteiger partial charge in [0.1, 0.15) is 0 Å². The fourth-order valence-electron chi connectivity index (χ4n) is 3.19. The summed E-state index contributed by atoms with van der Waals surface area (Å²) in [6, 6.07) is 0. The van der Waals surface area contributed by atoms with Gasteiger partial charge in [-0.2, -0.15) is 0 Å². The molecular weight excluding hydrogens is 241 g/mol. The summed E-state index contributed by atoms with van der Waals surface area (Å²) in [7, 11) is 2.82. The second kappa shape index (κ2) is 8.51. The van der Waals surface area contributed by atoms with E-state index in [0.717, 1.165) is 0 Å². The number of hydrogen-bond donors (Lipinski definition) is 0. The van der Waals surface area contributed by atoms with Crippen molar-refractivity contribution in [2.24, 2.45) is 0 Å². The molecule has 0 aromatic rings. The van der Waals surface area contributed by atoms with Gasteiger partial charge >= 0.3 is 0 Å². The minimum absolute atomic E-state index is 0.537. The lowest BCUT2D eigenvalue weighted by Crippen LogP contribution is -2.33. The van der Waals surface area contributed by atoms with Crippen LogP contribution in [0.25, 0.3) is 0 Å². The van der Waals surface area contributed by atoms with E-state index in [0.29, 0.717) is 12.2 Å². The summed E-state index contributed by atoms with van der Waals surface area (Å²) >= 11 is 0. The van der Waals surface area contributed by atoms with Crippen LogP contribution in [-0.2, 0) is 4.74 Å². The summed E-state index contributed by atoms with van der Waals surface area (Å²) in [5.74, 6) is 0. The van der Waals surface area contributed by atoms with E-state index in [9.17, 15) is 0 Å². The monoisotopic (exact) mass is 271 g/mol. The van der Waals surface area contributed by atoms with Crippen molar-refractivity contribution < 1.29 is 4.74 Å². The molecule has 0 bridgehead atoms. The van der Waals surface area contributed by atoms with Gasteiger partial charge in [0.15, 0.2) is 0 Å². The Balaban J connectivity index is 1.71. The lowest BCUT2D eigenvalue weighted by molar-refractivity contribution is -0.0424. The van der Waals surface area contributed by atoms with Crippen molar-refractivity contribution in [3.63, 3.8) is 0 Å². The maximum Gasteiger partial charge on any atom is 0.0603 e. The van der Waals surface area contributed by atoms with Crippen molar-refractivity contribution in [2.45, 2.75) is 82.8 Å². The molecule has 1 unspecified atom stereocenters. The van der Waals surface area contributed by atoms with Crippen molar-refractivity contribution in [1.29, 1.82) is 0 Å². The van der Waals surface area contributed by atoms with Crippen LogP contribution in [-0.4, -0.2) is 30.0 Å². The van der Waals surface area contributed by atoms with Crippen LogP contribution in [0.3, 0.4) is 0 Å². The number of hydrogen-bond acceptors (Lipinski definition) is 2. The summed E-state index contributed by atoms with van der Waals surface area (Å²) < 4.78 is 8.72. The molecule has 0 aromatic carbocycles. The molecule has 1 aliphatic heterocycles. The van der Waals surface area contributed by atoms with Crippen LogP contribution in [0.2, 0.25) is 0 Å². The molecule has 2 nitrogen and oxygen atoms in total. The fraction of sp³-hybridized carbons (Fsp3) is 1.00. The molecular formula is C15H30NOP. The first-order chi connectivity index (χ1) is 8.84. The Morgan fingerprint density at radius 3 is 1.67 bits per heavy atom. The highest BCUT2D eigenvalue weighted by atomic mass is 31.0. The minimum Gasteiger partial charge on any atom is -0.375 e. The Kier molecular flexibility index (Phi) is 6.97. The first-order valence-electron chi connectivity index (χ1n) is 8.00. The molecule has 1 atom stereocenters. The molecule has 2 aliphatic rings. The highest BCUT2D eigenvalue weighted by Crippen LogP contribution is 2.23. The van der Waals surface area contributed by atoms with Crippen molar-refractivity contribution in [3.8, 4) is 0 Å². The average Bonchev–Trinajstić information content (AvgIpc) is 2.40. The van der Waals surface area contributed by atoms with Crippen LogP contribution in [0.5, 0.6) is 0 Å². The van der Waals surface area contributed by atoms with Gasteiger partial charge in [-0.15, -0.1) is 0 Å². The van der Waals surface area contributed by atoms with Crippen molar-refractivity contribution in [2.75, 3.05) is 13.1 Å². The molecule has 3 heteroatoms.